The van der Waals surface area contributed by atoms with Crippen molar-refractivity contribution in [3.8, 4) is 11.8 Å². The third-order valence-corrected chi connectivity index (χ3v) is 3.48. The number of methoxy groups -OCH3 is 1. The van der Waals surface area contributed by atoms with Gasteiger partial charge in [0.05, 0.1) is 24.9 Å². The highest BCUT2D eigenvalue weighted by Gasteiger charge is 2.06. The molecule has 0 aliphatic carbocycles. The summed E-state index contributed by atoms with van der Waals surface area (Å²) >= 11 is 1.67. The van der Waals surface area contributed by atoms with Gasteiger partial charge in [0.2, 0.25) is 0 Å². The number of hydrogen-bond donors (Lipinski definition) is 0. The number of hydrogen-bond acceptors (Lipinski definition) is 4. The van der Waals surface area contributed by atoms with Gasteiger partial charge in [-0.1, -0.05) is 0 Å². The smallest absolute Gasteiger partial charge is 0.122 e. The highest BCUT2D eigenvalue weighted by Crippen LogP contribution is 2.28. The lowest BCUT2D eigenvalue weighted by Gasteiger charge is -2.07. The minimum atomic E-state index is 0.651. The van der Waals surface area contributed by atoms with Crippen LogP contribution in [0, 0.1) is 11.3 Å². The Kier molecular flexibility index (Phi) is 3.90. The van der Waals surface area contributed by atoms with Crippen molar-refractivity contribution >= 4 is 11.8 Å². The van der Waals surface area contributed by atoms with Crippen molar-refractivity contribution in [1.29, 1.82) is 5.26 Å². The van der Waals surface area contributed by atoms with Crippen LogP contribution in [0.25, 0.3) is 0 Å². The molecule has 0 radical (unpaired) electrons. The van der Waals surface area contributed by atoms with Crippen LogP contribution >= 0.6 is 11.8 Å². The van der Waals surface area contributed by atoms with Crippen LogP contribution in [0.5, 0.6) is 5.75 Å². The van der Waals surface area contributed by atoms with Crippen LogP contribution in [0.3, 0.4) is 0 Å². The average Bonchev–Trinajstić information content (AvgIpc) is 2.81. The summed E-state index contributed by atoms with van der Waals surface area (Å²) in [6, 6.07) is 7.60. The zero-order valence-corrected chi connectivity index (χ0v) is 11.1. The van der Waals surface area contributed by atoms with E-state index in [0.717, 1.165) is 22.0 Å². The van der Waals surface area contributed by atoms with Gasteiger partial charge in [0, 0.05) is 29.5 Å². The van der Waals surface area contributed by atoms with Crippen LogP contribution < -0.4 is 4.74 Å². The second-order valence-electron chi connectivity index (χ2n) is 3.78. The molecule has 0 amide bonds. The third-order valence-electron chi connectivity index (χ3n) is 2.49. The van der Waals surface area contributed by atoms with Crippen LogP contribution in [-0.4, -0.2) is 16.9 Å². The van der Waals surface area contributed by atoms with Crippen LogP contribution in [0.1, 0.15) is 11.1 Å². The Bertz CT molecular complexity index is 586. The molecule has 18 heavy (non-hydrogen) atoms. The number of nitrogens with zero attached hydrogens (tertiary/aromatic N) is 3. The molecule has 0 aliphatic heterocycles. The summed E-state index contributed by atoms with van der Waals surface area (Å²) in [5.74, 6) is 1.56. The van der Waals surface area contributed by atoms with Crippen molar-refractivity contribution in [2.45, 2.75) is 10.6 Å². The van der Waals surface area contributed by atoms with Gasteiger partial charge in [0.25, 0.3) is 0 Å². The van der Waals surface area contributed by atoms with Gasteiger partial charge in [-0.2, -0.15) is 10.4 Å². The van der Waals surface area contributed by atoms with E-state index in [-0.39, 0.29) is 0 Å². The Morgan fingerprint density at radius 1 is 1.50 bits per heavy atom. The number of nitriles is 1. The van der Waals surface area contributed by atoms with Crippen molar-refractivity contribution in [3.63, 3.8) is 0 Å². The number of ether oxygens (including phenoxy) is 1. The van der Waals surface area contributed by atoms with E-state index in [1.54, 1.807) is 29.6 Å². The van der Waals surface area contributed by atoms with Gasteiger partial charge >= 0.3 is 0 Å². The molecule has 0 unspecified atom stereocenters. The Morgan fingerprint density at radius 2 is 2.33 bits per heavy atom. The summed E-state index contributed by atoms with van der Waals surface area (Å²) in [7, 11) is 3.53. The minimum Gasteiger partial charge on any atom is -0.496 e. The molecule has 92 valence electrons. The standard InChI is InChI=1S/C13H13N3OS/c1-16-8-12(7-15-16)18-9-11-5-10(6-14)3-4-13(11)17-2/h3-5,7-8H,9H2,1-2H3. The molecule has 4 nitrogen and oxygen atoms in total. The van der Waals surface area contributed by atoms with Crippen molar-refractivity contribution in [3.05, 3.63) is 41.7 Å². The fraction of sp³-hybridized carbons (Fsp3) is 0.231. The van der Waals surface area contributed by atoms with Gasteiger partial charge in [-0.15, -0.1) is 11.8 Å². The quantitative estimate of drug-likeness (QED) is 0.792. The van der Waals surface area contributed by atoms with Gasteiger partial charge in [-0.3, -0.25) is 4.68 Å². The average molecular weight is 259 g/mol. The zero-order chi connectivity index (χ0) is 13.0. The number of aryl methyl sites for hydroxylation is 1. The van der Waals surface area contributed by atoms with Crippen LogP contribution in [0.15, 0.2) is 35.5 Å². The van der Waals surface area contributed by atoms with Crippen molar-refractivity contribution in [1.82, 2.24) is 9.78 Å². The highest BCUT2D eigenvalue weighted by atomic mass is 32.2. The van der Waals surface area contributed by atoms with E-state index >= 15 is 0 Å². The first-order chi connectivity index (χ1) is 8.72. The van der Waals surface area contributed by atoms with Gasteiger partial charge in [0.1, 0.15) is 5.75 Å². The Labute approximate surface area is 110 Å². The summed E-state index contributed by atoms with van der Waals surface area (Å²) in [6.07, 6.45) is 3.79. The molecule has 0 spiro atoms. The SMILES string of the molecule is COc1ccc(C#N)cc1CSc1cnn(C)c1. The molecule has 2 aromatic rings. The van der Waals surface area contributed by atoms with E-state index in [1.165, 1.54) is 0 Å². The Balaban J connectivity index is 2.15. The summed E-state index contributed by atoms with van der Waals surface area (Å²) in [6.45, 7) is 0. The van der Waals surface area contributed by atoms with Gasteiger partial charge in [-0.05, 0) is 18.2 Å². The molecular weight excluding hydrogens is 246 g/mol. The monoisotopic (exact) mass is 259 g/mol. The van der Waals surface area contributed by atoms with Crippen molar-refractivity contribution in [2.24, 2.45) is 7.05 Å². The molecule has 5 heteroatoms. The maximum absolute atomic E-state index is 8.90. The summed E-state index contributed by atoms with van der Waals surface area (Å²) in [5.41, 5.74) is 1.67. The highest BCUT2D eigenvalue weighted by molar-refractivity contribution is 7.98. The molecule has 0 N–H and O–H groups in total. The minimum absolute atomic E-state index is 0.651. The van der Waals surface area contributed by atoms with Crippen molar-refractivity contribution in [2.75, 3.05) is 7.11 Å². The molecule has 0 saturated carbocycles. The predicted molar refractivity (Wildman–Crippen MR) is 70.5 cm³/mol. The molecule has 0 fully saturated rings. The van der Waals surface area contributed by atoms with Crippen molar-refractivity contribution < 1.29 is 4.74 Å². The lowest BCUT2D eigenvalue weighted by atomic mass is 10.1. The molecule has 1 aromatic heterocycles. The normalized spacial score (nSPS) is 10.1. The summed E-state index contributed by atoms with van der Waals surface area (Å²) in [4.78, 5) is 1.10. The van der Waals surface area contributed by atoms with E-state index in [2.05, 4.69) is 11.2 Å². The lowest BCUT2D eigenvalue weighted by Crippen LogP contribution is -1.91. The topological polar surface area (TPSA) is 50.8 Å². The van der Waals surface area contributed by atoms with Gasteiger partial charge in [0.15, 0.2) is 0 Å². The Hall–Kier alpha value is -1.93. The molecule has 1 aromatic carbocycles. The Morgan fingerprint density at radius 3 is 2.94 bits per heavy atom. The maximum Gasteiger partial charge on any atom is 0.122 e. The lowest BCUT2D eigenvalue weighted by molar-refractivity contribution is 0.411. The summed E-state index contributed by atoms with van der Waals surface area (Å²) in [5, 5.41) is 13.0. The fourth-order valence-corrected chi connectivity index (χ4v) is 2.49. The van der Waals surface area contributed by atoms with E-state index in [0.29, 0.717) is 5.56 Å². The fourth-order valence-electron chi connectivity index (χ4n) is 1.60. The van der Waals surface area contributed by atoms with Crippen LogP contribution in [0.4, 0.5) is 0 Å². The number of rotatable bonds is 4. The molecule has 1 heterocycles. The number of aromatic nitrogens is 2. The van der Waals surface area contributed by atoms with E-state index in [9.17, 15) is 0 Å². The van der Waals surface area contributed by atoms with Crippen LogP contribution in [0.2, 0.25) is 0 Å². The zero-order valence-electron chi connectivity index (χ0n) is 10.3. The van der Waals surface area contributed by atoms with Gasteiger partial charge in [-0.25, -0.2) is 0 Å². The maximum atomic E-state index is 8.90. The number of thioether (sulfide) groups is 1. The molecule has 0 saturated heterocycles. The first-order valence-corrected chi connectivity index (χ1v) is 6.40. The first-order valence-electron chi connectivity index (χ1n) is 5.41. The second-order valence-corrected chi connectivity index (χ2v) is 4.83. The molecular formula is C13H13N3OS. The van der Waals surface area contributed by atoms with E-state index in [4.69, 9.17) is 10.00 Å². The van der Waals surface area contributed by atoms with Crippen LogP contribution in [-0.2, 0) is 12.8 Å². The molecule has 0 aliphatic rings. The van der Waals surface area contributed by atoms with E-state index in [1.807, 2.05) is 31.6 Å². The molecule has 0 bridgehead atoms. The largest absolute Gasteiger partial charge is 0.496 e. The second kappa shape index (κ2) is 5.61. The summed E-state index contributed by atoms with van der Waals surface area (Å²) < 4.78 is 7.06. The first kappa shape index (κ1) is 12.5. The number of benzene rings is 1. The van der Waals surface area contributed by atoms with Gasteiger partial charge < -0.3 is 4.74 Å². The molecule has 2 rings (SSSR count). The third kappa shape index (κ3) is 2.84. The van der Waals surface area contributed by atoms with E-state index < -0.39 is 0 Å². The molecule has 0 atom stereocenters. The predicted octanol–water partition coefficient (Wildman–Crippen LogP) is 2.59.